The van der Waals surface area contributed by atoms with Crippen molar-refractivity contribution in [3.05, 3.63) is 65.5 Å². The zero-order chi connectivity index (χ0) is 21.9. The van der Waals surface area contributed by atoms with Crippen LogP contribution in [-0.4, -0.2) is 68.2 Å². The molecule has 1 aliphatic rings. The van der Waals surface area contributed by atoms with Crippen molar-refractivity contribution >= 4 is 15.9 Å². The number of amides is 1. The molecule has 2 aromatic carbocycles. The summed E-state index contributed by atoms with van der Waals surface area (Å²) in [5.41, 5.74) is 0.537. The predicted molar refractivity (Wildman–Crippen MR) is 104 cm³/mol. The highest BCUT2D eigenvalue weighted by molar-refractivity contribution is 7.89. The Balaban J connectivity index is 1.54. The van der Waals surface area contributed by atoms with E-state index in [0.29, 0.717) is 5.56 Å². The lowest BCUT2D eigenvalue weighted by Crippen LogP contribution is -2.52. The van der Waals surface area contributed by atoms with E-state index >= 15 is 0 Å². The lowest BCUT2D eigenvalue weighted by atomic mass is 10.2. The van der Waals surface area contributed by atoms with Crippen LogP contribution < -0.4 is 0 Å². The van der Waals surface area contributed by atoms with Crippen molar-refractivity contribution < 1.29 is 26.4 Å². The van der Waals surface area contributed by atoms with Crippen LogP contribution in [0.4, 0.5) is 13.2 Å². The fourth-order valence-electron chi connectivity index (χ4n) is 3.29. The third-order valence-corrected chi connectivity index (χ3v) is 6.76. The molecule has 1 fully saturated rings. The molecule has 0 saturated carbocycles. The minimum absolute atomic E-state index is 0.0512. The number of carbonyl (C=O) groups is 1. The summed E-state index contributed by atoms with van der Waals surface area (Å²) >= 11 is 0. The number of hydrogen-bond donors (Lipinski definition) is 0. The third kappa shape index (κ3) is 5.18. The Hall–Kier alpha value is -2.43. The molecule has 1 saturated heterocycles. The zero-order valence-corrected chi connectivity index (χ0v) is 17.2. The summed E-state index contributed by atoms with van der Waals surface area (Å²) in [6.07, 6.45) is 0. The van der Waals surface area contributed by atoms with Gasteiger partial charge >= 0.3 is 0 Å². The number of rotatable bonds is 6. The molecule has 2 aromatic rings. The van der Waals surface area contributed by atoms with E-state index in [1.165, 1.54) is 28.6 Å². The second-order valence-electron chi connectivity index (χ2n) is 7.16. The maximum absolute atomic E-state index is 13.4. The number of sulfonamides is 1. The van der Waals surface area contributed by atoms with Crippen molar-refractivity contribution in [2.75, 3.05) is 39.8 Å². The fraction of sp³-hybridized carbons (Fsp3) is 0.350. The van der Waals surface area contributed by atoms with Gasteiger partial charge in [0.1, 0.15) is 5.82 Å². The van der Waals surface area contributed by atoms with Gasteiger partial charge in [0, 0.05) is 32.7 Å². The van der Waals surface area contributed by atoms with E-state index in [2.05, 4.69) is 0 Å². The number of piperazine rings is 1. The summed E-state index contributed by atoms with van der Waals surface area (Å²) in [7, 11) is -2.14. The molecule has 0 aliphatic carbocycles. The van der Waals surface area contributed by atoms with E-state index in [4.69, 9.17) is 0 Å². The third-order valence-electron chi connectivity index (χ3n) is 4.87. The smallest absolute Gasteiger partial charge is 0.243 e. The second-order valence-corrected chi connectivity index (χ2v) is 9.10. The molecule has 0 bridgehead atoms. The Labute approximate surface area is 173 Å². The number of benzene rings is 2. The molecule has 1 amide bonds. The Bertz CT molecular complexity index is 1020. The van der Waals surface area contributed by atoms with E-state index in [0.717, 1.165) is 18.2 Å². The molecule has 0 spiro atoms. The average molecular weight is 441 g/mol. The highest BCUT2D eigenvalue weighted by Crippen LogP contribution is 2.18. The molecule has 0 atom stereocenters. The first kappa shape index (κ1) is 22.3. The molecule has 0 N–H and O–H groups in total. The van der Waals surface area contributed by atoms with Gasteiger partial charge < -0.3 is 4.90 Å². The summed E-state index contributed by atoms with van der Waals surface area (Å²) in [6, 6.07) is 8.40. The highest BCUT2D eigenvalue weighted by atomic mass is 32.2. The van der Waals surface area contributed by atoms with Gasteiger partial charge in [0.25, 0.3) is 0 Å². The highest BCUT2D eigenvalue weighted by Gasteiger charge is 2.30. The van der Waals surface area contributed by atoms with Crippen molar-refractivity contribution in [3.63, 3.8) is 0 Å². The number of likely N-dealkylation sites (N-methyl/N-ethyl adjacent to an activating group) is 1. The summed E-state index contributed by atoms with van der Waals surface area (Å²) in [5, 5.41) is 0. The van der Waals surface area contributed by atoms with Crippen molar-refractivity contribution in [1.82, 2.24) is 14.1 Å². The van der Waals surface area contributed by atoms with Gasteiger partial charge in [-0.2, -0.15) is 4.31 Å². The molecule has 0 unspecified atom stereocenters. The summed E-state index contributed by atoms with van der Waals surface area (Å²) in [6.45, 7) is 0.959. The first-order valence-electron chi connectivity index (χ1n) is 9.33. The number of nitrogens with zero attached hydrogens (tertiary/aromatic N) is 3. The van der Waals surface area contributed by atoms with Crippen LogP contribution in [0.15, 0.2) is 47.4 Å². The molecule has 1 heterocycles. The van der Waals surface area contributed by atoms with E-state index in [9.17, 15) is 26.4 Å². The summed E-state index contributed by atoms with van der Waals surface area (Å²) < 4.78 is 66.2. The molecule has 10 heteroatoms. The van der Waals surface area contributed by atoms with Crippen LogP contribution in [0.1, 0.15) is 5.56 Å². The molecule has 162 valence electrons. The van der Waals surface area contributed by atoms with Gasteiger partial charge in [-0.3, -0.25) is 9.69 Å². The summed E-state index contributed by atoms with van der Waals surface area (Å²) in [4.78, 5) is 15.6. The van der Waals surface area contributed by atoms with Gasteiger partial charge in [0.15, 0.2) is 11.6 Å². The first-order valence-corrected chi connectivity index (χ1v) is 10.8. The molecule has 3 rings (SSSR count). The summed E-state index contributed by atoms with van der Waals surface area (Å²) in [5.74, 6) is -2.69. The quantitative estimate of drug-likeness (QED) is 0.689. The maximum atomic E-state index is 13.4. The first-order chi connectivity index (χ1) is 14.2. The van der Waals surface area contributed by atoms with Crippen LogP contribution in [0.2, 0.25) is 0 Å². The van der Waals surface area contributed by atoms with Crippen molar-refractivity contribution in [1.29, 1.82) is 0 Å². The zero-order valence-electron chi connectivity index (χ0n) is 16.4. The van der Waals surface area contributed by atoms with Crippen molar-refractivity contribution in [3.8, 4) is 0 Å². The lowest BCUT2D eigenvalue weighted by Gasteiger charge is -2.34. The average Bonchev–Trinajstić information content (AvgIpc) is 2.71. The Kier molecular flexibility index (Phi) is 6.79. The monoisotopic (exact) mass is 441 g/mol. The Morgan fingerprint density at radius 3 is 2.33 bits per heavy atom. The van der Waals surface area contributed by atoms with Crippen molar-refractivity contribution in [2.45, 2.75) is 11.4 Å². The van der Waals surface area contributed by atoms with E-state index in [-0.39, 0.29) is 50.1 Å². The molecular weight excluding hydrogens is 419 g/mol. The Morgan fingerprint density at radius 2 is 1.70 bits per heavy atom. The second kappa shape index (κ2) is 9.15. The standard InChI is InChI=1S/C20H22F3N3O3S/c1-24(13-15-5-6-18(22)19(23)11-15)14-20(27)25-7-9-26(10-8-25)30(28,29)17-4-2-3-16(21)12-17/h2-6,11-12H,7-10,13-14H2,1H3. The maximum Gasteiger partial charge on any atom is 0.243 e. The number of halogens is 3. The largest absolute Gasteiger partial charge is 0.339 e. The van der Waals surface area contributed by atoms with Gasteiger partial charge in [0.05, 0.1) is 11.4 Å². The SMILES string of the molecule is CN(CC(=O)N1CCN(S(=O)(=O)c2cccc(F)c2)CC1)Cc1ccc(F)c(F)c1. The van der Waals surface area contributed by atoms with E-state index < -0.39 is 27.5 Å². The van der Waals surface area contributed by atoms with Crippen LogP contribution in [0.25, 0.3) is 0 Å². The number of carbonyl (C=O) groups excluding carboxylic acids is 1. The van der Waals surface area contributed by atoms with Crippen molar-refractivity contribution in [2.24, 2.45) is 0 Å². The molecule has 1 aliphatic heterocycles. The minimum atomic E-state index is -3.83. The number of hydrogen-bond acceptors (Lipinski definition) is 4. The van der Waals surface area contributed by atoms with Crippen LogP contribution in [0, 0.1) is 17.5 Å². The van der Waals surface area contributed by atoms with Crippen LogP contribution in [-0.2, 0) is 21.4 Å². The van der Waals surface area contributed by atoms with Gasteiger partial charge in [-0.1, -0.05) is 12.1 Å². The minimum Gasteiger partial charge on any atom is -0.339 e. The van der Waals surface area contributed by atoms with Gasteiger partial charge in [-0.25, -0.2) is 21.6 Å². The van der Waals surface area contributed by atoms with Crippen LogP contribution >= 0.6 is 0 Å². The van der Waals surface area contributed by atoms with Crippen LogP contribution in [0.3, 0.4) is 0 Å². The molecule has 30 heavy (non-hydrogen) atoms. The lowest BCUT2D eigenvalue weighted by molar-refractivity contribution is -0.133. The van der Waals surface area contributed by atoms with Gasteiger partial charge in [-0.15, -0.1) is 0 Å². The predicted octanol–water partition coefficient (Wildman–Crippen LogP) is 2.07. The van der Waals surface area contributed by atoms with E-state index in [1.54, 1.807) is 16.8 Å². The van der Waals surface area contributed by atoms with Gasteiger partial charge in [-0.05, 0) is 42.9 Å². The fourth-order valence-corrected chi connectivity index (χ4v) is 4.75. The molecule has 6 nitrogen and oxygen atoms in total. The molecule has 0 aromatic heterocycles. The molecule has 0 radical (unpaired) electrons. The molecular formula is C20H22F3N3O3S. The van der Waals surface area contributed by atoms with Crippen LogP contribution in [0.5, 0.6) is 0 Å². The topological polar surface area (TPSA) is 60.9 Å². The van der Waals surface area contributed by atoms with Gasteiger partial charge in [0.2, 0.25) is 15.9 Å². The Morgan fingerprint density at radius 1 is 1.00 bits per heavy atom. The van der Waals surface area contributed by atoms with E-state index in [1.807, 2.05) is 0 Å². The normalized spacial score (nSPS) is 15.6.